The molecule has 2 aromatic carbocycles. The third-order valence-corrected chi connectivity index (χ3v) is 2.83. The predicted octanol–water partition coefficient (Wildman–Crippen LogP) is 3.63. The van der Waals surface area contributed by atoms with Gasteiger partial charge in [-0.1, -0.05) is 12.1 Å². The standard InChI is InChI=1S/C14H10F4O/c1-7-4-8(2-3-10(7)15)14(19)9-5-12(17)13(18)6-11(9)16/h2-6,14,19H,1H3. The molecule has 1 unspecified atom stereocenters. The summed E-state index contributed by atoms with van der Waals surface area (Å²) in [7, 11) is 0. The van der Waals surface area contributed by atoms with Crippen LogP contribution in [0.2, 0.25) is 0 Å². The Bertz CT molecular complexity index is 625. The van der Waals surface area contributed by atoms with E-state index in [2.05, 4.69) is 0 Å². The molecule has 0 saturated heterocycles. The molecular formula is C14H10F4O. The van der Waals surface area contributed by atoms with Crippen molar-refractivity contribution in [3.8, 4) is 0 Å². The Hall–Kier alpha value is -1.88. The summed E-state index contributed by atoms with van der Waals surface area (Å²) < 4.78 is 52.5. The van der Waals surface area contributed by atoms with Gasteiger partial charge in [-0.3, -0.25) is 0 Å². The SMILES string of the molecule is Cc1cc(C(O)c2cc(F)c(F)cc2F)ccc1F. The second kappa shape index (κ2) is 5.01. The summed E-state index contributed by atoms with van der Waals surface area (Å²) in [4.78, 5) is 0. The first kappa shape index (κ1) is 13.5. The van der Waals surface area contributed by atoms with Crippen molar-refractivity contribution in [2.24, 2.45) is 0 Å². The molecule has 5 heteroatoms. The molecule has 0 amide bonds. The van der Waals surface area contributed by atoms with E-state index in [1.807, 2.05) is 0 Å². The highest BCUT2D eigenvalue weighted by Crippen LogP contribution is 2.27. The van der Waals surface area contributed by atoms with Crippen LogP contribution < -0.4 is 0 Å². The maximum atomic E-state index is 13.5. The summed E-state index contributed by atoms with van der Waals surface area (Å²) in [5.74, 6) is -4.12. The van der Waals surface area contributed by atoms with Gasteiger partial charge in [0.15, 0.2) is 11.6 Å². The van der Waals surface area contributed by atoms with E-state index >= 15 is 0 Å². The van der Waals surface area contributed by atoms with E-state index in [1.165, 1.54) is 19.1 Å². The van der Waals surface area contributed by atoms with Gasteiger partial charge >= 0.3 is 0 Å². The molecule has 0 aliphatic heterocycles. The van der Waals surface area contributed by atoms with Gasteiger partial charge in [-0.15, -0.1) is 0 Å². The van der Waals surface area contributed by atoms with E-state index in [4.69, 9.17) is 0 Å². The van der Waals surface area contributed by atoms with Crippen molar-refractivity contribution in [3.05, 3.63) is 70.3 Å². The lowest BCUT2D eigenvalue weighted by molar-refractivity contribution is 0.213. The normalized spacial score (nSPS) is 12.5. The van der Waals surface area contributed by atoms with Crippen molar-refractivity contribution >= 4 is 0 Å². The molecule has 100 valence electrons. The zero-order valence-electron chi connectivity index (χ0n) is 9.92. The van der Waals surface area contributed by atoms with Crippen molar-refractivity contribution in [3.63, 3.8) is 0 Å². The smallest absolute Gasteiger partial charge is 0.161 e. The zero-order valence-corrected chi connectivity index (χ0v) is 9.92. The predicted molar refractivity (Wildman–Crippen MR) is 61.5 cm³/mol. The van der Waals surface area contributed by atoms with E-state index in [1.54, 1.807) is 0 Å². The van der Waals surface area contributed by atoms with Gasteiger partial charge in [0.25, 0.3) is 0 Å². The van der Waals surface area contributed by atoms with Crippen LogP contribution >= 0.6 is 0 Å². The fraction of sp³-hybridized carbons (Fsp3) is 0.143. The number of aliphatic hydroxyl groups excluding tert-OH is 1. The Morgan fingerprint density at radius 2 is 1.47 bits per heavy atom. The lowest BCUT2D eigenvalue weighted by atomic mass is 9.99. The van der Waals surface area contributed by atoms with Crippen LogP contribution in [0, 0.1) is 30.2 Å². The monoisotopic (exact) mass is 270 g/mol. The average Bonchev–Trinajstić information content (AvgIpc) is 2.36. The van der Waals surface area contributed by atoms with Crippen LogP contribution in [0.3, 0.4) is 0 Å². The summed E-state index contributed by atoms with van der Waals surface area (Å²) in [6.45, 7) is 1.48. The molecule has 1 atom stereocenters. The summed E-state index contributed by atoms with van der Waals surface area (Å²) >= 11 is 0. The van der Waals surface area contributed by atoms with Crippen LogP contribution in [-0.2, 0) is 0 Å². The van der Waals surface area contributed by atoms with E-state index in [0.29, 0.717) is 12.1 Å². The van der Waals surface area contributed by atoms with Gasteiger partial charge in [0.05, 0.1) is 0 Å². The number of halogens is 4. The van der Waals surface area contributed by atoms with Gasteiger partial charge in [0.1, 0.15) is 17.7 Å². The number of hydrogen-bond acceptors (Lipinski definition) is 1. The number of hydrogen-bond donors (Lipinski definition) is 1. The number of aryl methyl sites for hydroxylation is 1. The fourth-order valence-electron chi connectivity index (χ4n) is 1.77. The van der Waals surface area contributed by atoms with E-state index in [9.17, 15) is 22.7 Å². The van der Waals surface area contributed by atoms with Crippen molar-refractivity contribution in [2.75, 3.05) is 0 Å². The van der Waals surface area contributed by atoms with E-state index in [0.717, 1.165) is 6.07 Å². The molecular weight excluding hydrogens is 260 g/mol. The second-order valence-corrected chi connectivity index (χ2v) is 4.20. The van der Waals surface area contributed by atoms with E-state index in [-0.39, 0.29) is 11.1 Å². The third kappa shape index (κ3) is 2.61. The third-order valence-electron chi connectivity index (χ3n) is 2.83. The number of benzene rings is 2. The van der Waals surface area contributed by atoms with E-state index < -0.39 is 34.9 Å². The number of aliphatic hydroxyl groups is 1. The Morgan fingerprint density at radius 1 is 0.842 bits per heavy atom. The van der Waals surface area contributed by atoms with Gasteiger partial charge in [-0.05, 0) is 30.2 Å². The maximum absolute atomic E-state index is 13.5. The zero-order chi connectivity index (χ0) is 14.2. The van der Waals surface area contributed by atoms with Crippen molar-refractivity contribution in [1.82, 2.24) is 0 Å². The van der Waals surface area contributed by atoms with Crippen LogP contribution in [0.15, 0.2) is 30.3 Å². The Labute approximate surface area is 107 Å². The van der Waals surface area contributed by atoms with Crippen LogP contribution in [0.25, 0.3) is 0 Å². The molecule has 0 saturated carbocycles. The lowest BCUT2D eigenvalue weighted by Crippen LogP contribution is -2.05. The summed E-state index contributed by atoms with van der Waals surface area (Å²) in [5.41, 5.74) is 0.0632. The molecule has 0 aliphatic rings. The topological polar surface area (TPSA) is 20.2 Å². The Balaban J connectivity index is 2.46. The fourth-order valence-corrected chi connectivity index (χ4v) is 1.77. The molecule has 0 fully saturated rings. The van der Waals surface area contributed by atoms with Gasteiger partial charge in [0, 0.05) is 11.6 Å². The van der Waals surface area contributed by atoms with Crippen LogP contribution in [0.1, 0.15) is 22.8 Å². The molecule has 0 spiro atoms. The minimum Gasteiger partial charge on any atom is -0.384 e. The average molecular weight is 270 g/mol. The minimum atomic E-state index is -1.49. The second-order valence-electron chi connectivity index (χ2n) is 4.20. The van der Waals surface area contributed by atoms with Crippen LogP contribution in [0.4, 0.5) is 17.6 Å². The first-order valence-electron chi connectivity index (χ1n) is 5.48. The lowest BCUT2D eigenvalue weighted by Gasteiger charge is -2.13. The first-order chi connectivity index (χ1) is 8.90. The molecule has 0 bridgehead atoms. The molecule has 0 aromatic heterocycles. The molecule has 0 heterocycles. The molecule has 19 heavy (non-hydrogen) atoms. The molecule has 0 aliphatic carbocycles. The van der Waals surface area contributed by atoms with Gasteiger partial charge < -0.3 is 5.11 Å². The first-order valence-corrected chi connectivity index (χ1v) is 5.48. The van der Waals surface area contributed by atoms with Crippen LogP contribution in [-0.4, -0.2) is 5.11 Å². The van der Waals surface area contributed by atoms with Gasteiger partial charge in [0.2, 0.25) is 0 Å². The summed E-state index contributed by atoms with van der Waals surface area (Å²) in [5, 5.41) is 9.95. The number of rotatable bonds is 2. The maximum Gasteiger partial charge on any atom is 0.161 e. The summed E-state index contributed by atoms with van der Waals surface area (Å²) in [6.07, 6.45) is -1.49. The highest BCUT2D eigenvalue weighted by atomic mass is 19.2. The van der Waals surface area contributed by atoms with Crippen LogP contribution in [0.5, 0.6) is 0 Å². The quantitative estimate of drug-likeness (QED) is 0.652. The van der Waals surface area contributed by atoms with Crippen molar-refractivity contribution < 1.29 is 22.7 Å². The molecule has 0 radical (unpaired) electrons. The van der Waals surface area contributed by atoms with Gasteiger partial charge in [-0.25, -0.2) is 17.6 Å². The largest absolute Gasteiger partial charge is 0.384 e. The molecule has 1 nitrogen and oxygen atoms in total. The molecule has 1 N–H and O–H groups in total. The molecule has 2 aromatic rings. The highest BCUT2D eigenvalue weighted by Gasteiger charge is 2.19. The Kier molecular flexibility index (Phi) is 3.57. The molecule has 2 rings (SSSR count). The van der Waals surface area contributed by atoms with Gasteiger partial charge in [-0.2, -0.15) is 0 Å². The minimum absolute atomic E-state index is 0.198. The Morgan fingerprint density at radius 3 is 2.11 bits per heavy atom. The van der Waals surface area contributed by atoms with Crippen molar-refractivity contribution in [2.45, 2.75) is 13.0 Å². The summed E-state index contributed by atoms with van der Waals surface area (Å²) in [6, 6.07) is 4.65. The van der Waals surface area contributed by atoms with Crippen molar-refractivity contribution in [1.29, 1.82) is 0 Å². The highest BCUT2D eigenvalue weighted by molar-refractivity contribution is 5.34.